The smallest absolute Gasteiger partial charge is 0.0722 e. The van der Waals surface area contributed by atoms with Crippen LogP contribution in [0, 0.1) is 0 Å². The molecular weight excluding hydrogens is 289 g/mol. The molecule has 0 saturated carbocycles. The van der Waals surface area contributed by atoms with Gasteiger partial charge in [-0.05, 0) is 42.4 Å². The second-order valence-electron chi connectivity index (χ2n) is 7.52. The molecule has 1 aromatic heterocycles. The van der Waals surface area contributed by atoms with E-state index in [2.05, 4.69) is 67.8 Å². The van der Waals surface area contributed by atoms with Crippen LogP contribution in [0.15, 0.2) is 16.8 Å². The highest BCUT2D eigenvalue weighted by atomic mass is 32.1. The fourth-order valence-corrected chi connectivity index (χ4v) is 24.9. The zero-order valence-electron chi connectivity index (χ0n) is 12.7. The second kappa shape index (κ2) is 4.81. The van der Waals surface area contributed by atoms with Crippen molar-refractivity contribution in [2.45, 2.75) is 50.0 Å². The predicted octanol–water partition coefficient (Wildman–Crippen LogP) is 5.21. The SMILES string of the molecule is CN1[C@@H](c2ccsc2)[P@]1C([Si](C)(C)C)[Si](C)(C)C. The van der Waals surface area contributed by atoms with Gasteiger partial charge in [0.25, 0.3) is 0 Å². The summed E-state index contributed by atoms with van der Waals surface area (Å²) in [7, 11) is 0.314. The molecule has 18 heavy (non-hydrogen) atoms. The summed E-state index contributed by atoms with van der Waals surface area (Å²) >= 11 is 1.85. The summed E-state index contributed by atoms with van der Waals surface area (Å²) in [4.78, 5) is 1.05. The summed E-state index contributed by atoms with van der Waals surface area (Å²) in [5.74, 6) is 0.773. The normalized spacial score (nSPS) is 28.8. The molecular formula is C13H26NPSSi2. The van der Waals surface area contributed by atoms with Crippen molar-refractivity contribution >= 4 is 35.6 Å². The van der Waals surface area contributed by atoms with Gasteiger partial charge in [0.05, 0.1) is 21.9 Å². The lowest BCUT2D eigenvalue weighted by atomic mass is 10.3. The van der Waals surface area contributed by atoms with Gasteiger partial charge in [0.2, 0.25) is 0 Å². The average molecular weight is 316 g/mol. The first-order valence-electron chi connectivity index (χ1n) is 6.67. The highest BCUT2D eigenvalue weighted by Gasteiger charge is 2.57. The van der Waals surface area contributed by atoms with Gasteiger partial charge in [-0.25, -0.2) is 0 Å². The Bertz CT molecular complexity index is 394. The second-order valence-corrected chi connectivity index (χ2v) is 22.9. The van der Waals surface area contributed by atoms with E-state index in [0.717, 1.165) is 10.7 Å². The lowest BCUT2D eigenvalue weighted by Crippen LogP contribution is -2.51. The summed E-state index contributed by atoms with van der Waals surface area (Å²) in [5.41, 5.74) is 1.58. The van der Waals surface area contributed by atoms with E-state index in [1.807, 2.05) is 11.3 Å². The van der Waals surface area contributed by atoms with Gasteiger partial charge in [-0.3, -0.25) is 4.67 Å². The van der Waals surface area contributed by atoms with E-state index in [9.17, 15) is 0 Å². The van der Waals surface area contributed by atoms with Crippen molar-refractivity contribution in [3.8, 4) is 0 Å². The third-order valence-electron chi connectivity index (χ3n) is 3.66. The van der Waals surface area contributed by atoms with E-state index in [1.165, 1.54) is 0 Å². The maximum atomic E-state index is 2.68. The monoisotopic (exact) mass is 315 g/mol. The summed E-state index contributed by atoms with van der Waals surface area (Å²) in [6.07, 6.45) is 0. The molecule has 0 radical (unpaired) electrons. The van der Waals surface area contributed by atoms with Crippen LogP contribution in [0.1, 0.15) is 11.3 Å². The van der Waals surface area contributed by atoms with Crippen LogP contribution in [0.4, 0.5) is 0 Å². The Morgan fingerprint density at radius 2 is 1.72 bits per heavy atom. The topological polar surface area (TPSA) is 3.01 Å². The number of hydrogen-bond donors (Lipinski definition) is 0. The Balaban J connectivity index is 2.25. The Morgan fingerprint density at radius 3 is 2.11 bits per heavy atom. The van der Waals surface area contributed by atoms with Gasteiger partial charge in [-0.2, -0.15) is 11.3 Å². The third-order valence-corrected chi connectivity index (χ3v) is 21.5. The Labute approximate surface area is 119 Å². The van der Waals surface area contributed by atoms with Crippen LogP contribution in [-0.2, 0) is 0 Å². The van der Waals surface area contributed by atoms with Crippen molar-refractivity contribution in [3.05, 3.63) is 22.4 Å². The first-order valence-corrected chi connectivity index (χ1v) is 16.2. The fourth-order valence-electron chi connectivity index (χ4n) is 3.48. The zero-order valence-corrected chi connectivity index (χ0v) is 16.4. The van der Waals surface area contributed by atoms with E-state index >= 15 is 0 Å². The molecule has 0 spiro atoms. The van der Waals surface area contributed by atoms with Crippen molar-refractivity contribution in [2.75, 3.05) is 7.05 Å². The molecule has 1 aliphatic heterocycles. The average Bonchev–Trinajstić information content (AvgIpc) is 2.64. The van der Waals surface area contributed by atoms with Crippen molar-refractivity contribution in [1.29, 1.82) is 0 Å². The Morgan fingerprint density at radius 1 is 1.17 bits per heavy atom. The standard InChI is InChI=1S/C13H26NPSSi2/c1-14-12(11-8-9-16-10-11)15(14)13(17(2,3)4)18(5,6)7/h8-10,12-13H,1-7H3/t12-,14?,15-/m1/s1. The van der Waals surface area contributed by atoms with Crippen LogP contribution < -0.4 is 0 Å². The predicted molar refractivity (Wildman–Crippen MR) is 92.2 cm³/mol. The molecule has 5 heteroatoms. The van der Waals surface area contributed by atoms with Gasteiger partial charge < -0.3 is 0 Å². The molecule has 1 aromatic rings. The van der Waals surface area contributed by atoms with Gasteiger partial charge in [0.15, 0.2) is 0 Å². The lowest BCUT2D eigenvalue weighted by Gasteiger charge is -2.38. The van der Waals surface area contributed by atoms with Crippen molar-refractivity contribution in [1.82, 2.24) is 4.67 Å². The molecule has 1 saturated heterocycles. The molecule has 1 nitrogen and oxygen atoms in total. The Hall–Kier alpha value is 0.524. The lowest BCUT2D eigenvalue weighted by molar-refractivity contribution is 0.666. The molecule has 0 aromatic carbocycles. The highest BCUT2D eigenvalue weighted by Crippen LogP contribution is 2.78. The number of nitrogens with zero attached hydrogens (tertiary/aromatic N) is 1. The first-order chi connectivity index (χ1) is 8.14. The number of thiophene rings is 1. The maximum absolute atomic E-state index is 2.68. The van der Waals surface area contributed by atoms with Crippen LogP contribution in [-0.4, -0.2) is 32.8 Å². The van der Waals surface area contributed by atoms with E-state index in [0.29, 0.717) is 0 Å². The van der Waals surface area contributed by atoms with Crippen molar-refractivity contribution < 1.29 is 0 Å². The molecule has 1 aliphatic rings. The van der Waals surface area contributed by atoms with Crippen molar-refractivity contribution in [2.24, 2.45) is 0 Å². The number of hydrogen-bond acceptors (Lipinski definition) is 2. The van der Waals surface area contributed by atoms with Crippen LogP contribution >= 0.6 is 19.4 Å². The van der Waals surface area contributed by atoms with E-state index < -0.39 is 16.1 Å². The molecule has 3 atom stereocenters. The maximum Gasteiger partial charge on any atom is 0.0722 e. The minimum Gasteiger partial charge on any atom is -0.271 e. The van der Waals surface area contributed by atoms with Crippen LogP contribution in [0.3, 0.4) is 0 Å². The van der Waals surface area contributed by atoms with Gasteiger partial charge in [-0.15, -0.1) is 0 Å². The largest absolute Gasteiger partial charge is 0.271 e. The van der Waals surface area contributed by atoms with Crippen LogP contribution in [0.5, 0.6) is 0 Å². The first kappa shape index (κ1) is 14.9. The van der Waals surface area contributed by atoms with Gasteiger partial charge in [-0.1, -0.05) is 39.3 Å². The Kier molecular flexibility index (Phi) is 3.99. The molecule has 2 heterocycles. The minimum absolute atomic E-state index is 0.0982. The molecule has 0 N–H and O–H groups in total. The summed E-state index contributed by atoms with van der Waals surface area (Å²) < 4.78 is 2.68. The van der Waals surface area contributed by atoms with Gasteiger partial charge >= 0.3 is 0 Å². The molecule has 102 valence electrons. The molecule has 2 rings (SSSR count). The fraction of sp³-hybridized carbons (Fsp3) is 0.692. The van der Waals surface area contributed by atoms with Crippen LogP contribution in [0.25, 0.3) is 0 Å². The molecule has 1 fully saturated rings. The molecule has 0 bridgehead atoms. The zero-order chi connectivity index (χ0) is 13.7. The number of rotatable bonds is 4. The van der Waals surface area contributed by atoms with Gasteiger partial charge in [0, 0.05) is 0 Å². The summed E-state index contributed by atoms with van der Waals surface area (Å²) in [5, 5.41) is 4.59. The highest BCUT2D eigenvalue weighted by molar-refractivity contribution is 7.69. The molecule has 0 amide bonds. The molecule has 0 aliphatic carbocycles. The van der Waals surface area contributed by atoms with Gasteiger partial charge in [0.1, 0.15) is 0 Å². The van der Waals surface area contributed by atoms with E-state index in [-0.39, 0.29) is 8.07 Å². The quantitative estimate of drug-likeness (QED) is 0.418. The van der Waals surface area contributed by atoms with Crippen molar-refractivity contribution in [3.63, 3.8) is 0 Å². The van der Waals surface area contributed by atoms with E-state index in [4.69, 9.17) is 0 Å². The third kappa shape index (κ3) is 2.83. The minimum atomic E-state index is -1.07. The summed E-state index contributed by atoms with van der Waals surface area (Å²) in [6, 6.07) is 2.33. The van der Waals surface area contributed by atoms with E-state index in [1.54, 1.807) is 5.56 Å². The van der Waals surface area contributed by atoms with Crippen LogP contribution in [0.2, 0.25) is 39.3 Å². The summed E-state index contributed by atoms with van der Waals surface area (Å²) in [6.45, 7) is 15.5. The molecule has 1 unspecified atom stereocenters.